The first-order chi connectivity index (χ1) is 12.1. The number of aryl methyl sites for hydroxylation is 2. The molecule has 5 heteroatoms. The van der Waals surface area contributed by atoms with E-state index in [1.54, 1.807) is 12.4 Å². The zero-order chi connectivity index (χ0) is 17.8. The van der Waals surface area contributed by atoms with Gasteiger partial charge in [0.25, 0.3) is 5.91 Å². The Kier molecular flexibility index (Phi) is 5.34. The summed E-state index contributed by atoms with van der Waals surface area (Å²) in [6.45, 7) is 6.28. The lowest BCUT2D eigenvalue weighted by Gasteiger charge is -2.24. The smallest absolute Gasteiger partial charge is 0.253 e. The van der Waals surface area contributed by atoms with Crippen LogP contribution in [0.4, 0.5) is 0 Å². The first kappa shape index (κ1) is 17.4. The Morgan fingerprint density at radius 3 is 2.72 bits per heavy atom. The molecule has 1 aromatic carbocycles. The van der Waals surface area contributed by atoms with Gasteiger partial charge in [-0.25, -0.2) is 0 Å². The molecule has 132 valence electrons. The lowest BCUT2D eigenvalue weighted by molar-refractivity contribution is 0.0743. The fraction of sp³-hybridized carbons (Fsp3) is 0.400. The van der Waals surface area contributed by atoms with E-state index in [9.17, 15) is 4.79 Å². The fourth-order valence-corrected chi connectivity index (χ4v) is 3.28. The minimum atomic E-state index is 0.0682. The van der Waals surface area contributed by atoms with E-state index in [0.717, 1.165) is 47.5 Å². The van der Waals surface area contributed by atoms with Crippen LogP contribution in [0.25, 0.3) is 0 Å². The molecule has 0 aliphatic carbocycles. The van der Waals surface area contributed by atoms with Crippen LogP contribution < -0.4 is 10.1 Å². The first-order valence-corrected chi connectivity index (χ1v) is 8.67. The van der Waals surface area contributed by atoms with E-state index >= 15 is 0 Å². The average molecular weight is 339 g/mol. The molecule has 0 saturated carbocycles. The minimum absolute atomic E-state index is 0.0682. The van der Waals surface area contributed by atoms with Crippen molar-refractivity contribution in [1.29, 1.82) is 0 Å². The summed E-state index contributed by atoms with van der Waals surface area (Å²) in [5.74, 6) is 0.907. The number of ether oxygens (including phenoxy) is 1. The topological polar surface area (TPSA) is 54.5 Å². The summed E-state index contributed by atoms with van der Waals surface area (Å²) in [5, 5.41) is 3.30. The van der Waals surface area contributed by atoms with E-state index in [0.29, 0.717) is 6.61 Å². The standard InChI is InChI=1S/C20H25N3O2/c1-14-9-17(20(24)23(3)18-6-8-22-12-18)10-15(2)19(14)25-13-16-5-4-7-21-11-16/h4-5,7,9-11,18,22H,6,8,12-13H2,1-3H3/t18-/m0/s1. The van der Waals surface area contributed by atoms with Crippen molar-refractivity contribution in [3.8, 4) is 5.75 Å². The number of pyridine rings is 1. The summed E-state index contributed by atoms with van der Waals surface area (Å²) in [7, 11) is 1.89. The van der Waals surface area contributed by atoms with Crippen molar-refractivity contribution < 1.29 is 9.53 Å². The molecule has 1 aliphatic rings. The van der Waals surface area contributed by atoms with Crippen molar-refractivity contribution in [2.45, 2.75) is 32.9 Å². The van der Waals surface area contributed by atoms with Crippen LogP contribution in [0.15, 0.2) is 36.7 Å². The summed E-state index contributed by atoms with van der Waals surface area (Å²) in [5.41, 5.74) is 3.70. The summed E-state index contributed by atoms with van der Waals surface area (Å²) in [6, 6.07) is 8.00. The first-order valence-electron chi connectivity index (χ1n) is 8.67. The van der Waals surface area contributed by atoms with Crippen LogP contribution in [-0.2, 0) is 6.61 Å². The van der Waals surface area contributed by atoms with Crippen molar-refractivity contribution in [2.75, 3.05) is 20.1 Å². The van der Waals surface area contributed by atoms with Gasteiger partial charge < -0.3 is 15.0 Å². The Morgan fingerprint density at radius 2 is 2.12 bits per heavy atom. The maximum absolute atomic E-state index is 12.8. The Labute approximate surface area is 149 Å². The predicted molar refractivity (Wildman–Crippen MR) is 97.9 cm³/mol. The van der Waals surface area contributed by atoms with Gasteiger partial charge in [-0.1, -0.05) is 6.07 Å². The molecule has 25 heavy (non-hydrogen) atoms. The quantitative estimate of drug-likeness (QED) is 0.910. The predicted octanol–water partition coefficient (Wildman–Crippen LogP) is 2.71. The van der Waals surface area contributed by atoms with Gasteiger partial charge in [0.05, 0.1) is 0 Å². The summed E-state index contributed by atoms with van der Waals surface area (Å²) < 4.78 is 5.97. The number of likely N-dealkylation sites (N-methyl/N-ethyl adjacent to an activating group) is 1. The lowest BCUT2D eigenvalue weighted by atomic mass is 10.0. The van der Waals surface area contributed by atoms with Crippen molar-refractivity contribution >= 4 is 5.91 Å². The van der Waals surface area contributed by atoms with Gasteiger partial charge in [-0.3, -0.25) is 9.78 Å². The van der Waals surface area contributed by atoms with Crippen LogP contribution in [0.1, 0.15) is 33.5 Å². The second kappa shape index (κ2) is 7.66. The molecule has 1 N–H and O–H groups in total. The normalized spacial score (nSPS) is 16.7. The summed E-state index contributed by atoms with van der Waals surface area (Å²) in [4.78, 5) is 18.7. The number of rotatable bonds is 5. The van der Waals surface area contributed by atoms with Crippen LogP contribution in [0.3, 0.4) is 0 Å². The van der Waals surface area contributed by atoms with E-state index in [1.807, 2.05) is 50.1 Å². The SMILES string of the molecule is Cc1cc(C(=O)N(C)[C@H]2CCNC2)cc(C)c1OCc1cccnc1. The van der Waals surface area contributed by atoms with Gasteiger partial charge in [-0.05, 0) is 56.1 Å². The molecule has 1 aliphatic heterocycles. The van der Waals surface area contributed by atoms with Crippen LogP contribution >= 0.6 is 0 Å². The molecular weight excluding hydrogens is 314 g/mol. The highest BCUT2D eigenvalue weighted by atomic mass is 16.5. The largest absolute Gasteiger partial charge is 0.488 e. The Hall–Kier alpha value is -2.40. The van der Waals surface area contributed by atoms with E-state index in [-0.39, 0.29) is 11.9 Å². The Balaban J connectivity index is 1.74. The molecule has 1 saturated heterocycles. The number of nitrogens with zero attached hydrogens (tertiary/aromatic N) is 2. The van der Waals surface area contributed by atoms with Crippen LogP contribution in [0.2, 0.25) is 0 Å². The average Bonchev–Trinajstić information content (AvgIpc) is 3.15. The zero-order valence-corrected chi connectivity index (χ0v) is 15.1. The number of amides is 1. The molecule has 1 amide bonds. The summed E-state index contributed by atoms with van der Waals surface area (Å²) >= 11 is 0. The molecule has 5 nitrogen and oxygen atoms in total. The second-order valence-corrected chi connectivity index (χ2v) is 6.65. The van der Waals surface area contributed by atoms with Crippen LogP contribution in [0, 0.1) is 13.8 Å². The molecule has 0 radical (unpaired) electrons. The number of carbonyl (C=O) groups excluding carboxylic acids is 1. The van der Waals surface area contributed by atoms with Crippen molar-refractivity contribution in [2.24, 2.45) is 0 Å². The molecule has 1 fully saturated rings. The number of aromatic nitrogens is 1. The third-order valence-electron chi connectivity index (χ3n) is 4.72. The second-order valence-electron chi connectivity index (χ2n) is 6.65. The van der Waals surface area contributed by atoms with Gasteiger partial charge >= 0.3 is 0 Å². The van der Waals surface area contributed by atoms with Gasteiger partial charge in [0.2, 0.25) is 0 Å². The van der Waals surface area contributed by atoms with Gasteiger partial charge in [-0.2, -0.15) is 0 Å². The molecule has 0 bridgehead atoms. The maximum Gasteiger partial charge on any atom is 0.253 e. The van der Waals surface area contributed by atoms with E-state index in [4.69, 9.17) is 4.74 Å². The molecule has 1 aromatic heterocycles. The van der Waals surface area contributed by atoms with Gasteiger partial charge in [0, 0.05) is 43.2 Å². The van der Waals surface area contributed by atoms with Crippen molar-refractivity contribution in [3.05, 3.63) is 58.9 Å². The molecule has 0 spiro atoms. The van der Waals surface area contributed by atoms with Crippen molar-refractivity contribution in [1.82, 2.24) is 15.2 Å². The number of hydrogen-bond acceptors (Lipinski definition) is 4. The van der Waals surface area contributed by atoms with E-state index in [1.165, 1.54) is 0 Å². The molecule has 2 aromatic rings. The van der Waals surface area contributed by atoms with Crippen LogP contribution in [0.5, 0.6) is 5.75 Å². The van der Waals surface area contributed by atoms with Gasteiger partial charge in [0.1, 0.15) is 12.4 Å². The highest BCUT2D eigenvalue weighted by Crippen LogP contribution is 2.26. The number of carbonyl (C=O) groups is 1. The minimum Gasteiger partial charge on any atom is -0.488 e. The highest BCUT2D eigenvalue weighted by Gasteiger charge is 2.24. The number of hydrogen-bond donors (Lipinski definition) is 1. The number of nitrogens with one attached hydrogen (secondary N) is 1. The molecule has 2 heterocycles. The monoisotopic (exact) mass is 339 g/mol. The Morgan fingerprint density at radius 1 is 1.36 bits per heavy atom. The van der Waals surface area contributed by atoms with E-state index in [2.05, 4.69) is 10.3 Å². The van der Waals surface area contributed by atoms with Crippen LogP contribution in [-0.4, -0.2) is 42.0 Å². The van der Waals surface area contributed by atoms with Gasteiger partial charge in [0.15, 0.2) is 0 Å². The third-order valence-corrected chi connectivity index (χ3v) is 4.72. The van der Waals surface area contributed by atoms with Gasteiger partial charge in [-0.15, -0.1) is 0 Å². The van der Waals surface area contributed by atoms with Crippen molar-refractivity contribution in [3.63, 3.8) is 0 Å². The summed E-state index contributed by atoms with van der Waals surface area (Å²) in [6.07, 6.45) is 4.55. The lowest BCUT2D eigenvalue weighted by Crippen LogP contribution is -2.38. The Bertz CT molecular complexity index is 717. The molecule has 0 unspecified atom stereocenters. The molecule has 3 rings (SSSR count). The van der Waals surface area contributed by atoms with E-state index < -0.39 is 0 Å². The molecule has 1 atom stereocenters. The number of benzene rings is 1. The highest BCUT2D eigenvalue weighted by molar-refractivity contribution is 5.95. The molecular formula is C20H25N3O2. The zero-order valence-electron chi connectivity index (χ0n) is 15.1. The maximum atomic E-state index is 12.8. The third kappa shape index (κ3) is 3.99. The fourth-order valence-electron chi connectivity index (χ4n) is 3.28.